The summed E-state index contributed by atoms with van der Waals surface area (Å²) >= 11 is 0.500. The Balaban J connectivity index is 0. The second kappa shape index (κ2) is 15.0. The monoisotopic (exact) mass is 494 g/mol. The molecule has 4 rings (SSSR count). The van der Waals surface area contributed by atoms with Gasteiger partial charge in [0.05, 0.1) is 0 Å². The first kappa shape index (κ1) is 25.9. The third-order valence-corrected chi connectivity index (χ3v) is 3.10. The number of hydrogen-bond donors (Lipinski definition) is 0. The Morgan fingerprint density at radius 1 is 0.625 bits per heavy atom. The van der Waals surface area contributed by atoms with Gasteiger partial charge in [0, 0.05) is 0 Å². The van der Waals surface area contributed by atoms with Gasteiger partial charge >= 0.3 is 53.1 Å². The van der Waals surface area contributed by atoms with Crippen molar-refractivity contribution < 1.29 is 51.0 Å². The molecule has 4 aromatic rings. The minimum atomic E-state index is 0. The van der Waals surface area contributed by atoms with Gasteiger partial charge in [0.2, 0.25) is 0 Å². The smallest absolute Gasteiger partial charge is 1.00 e. The molecule has 0 aromatic heterocycles. The van der Waals surface area contributed by atoms with E-state index in [2.05, 4.69) is 96.4 Å². The molecule has 0 heterocycles. The maximum atomic E-state index is 2.25. The van der Waals surface area contributed by atoms with E-state index in [1.807, 2.05) is 0 Å². The predicted molar refractivity (Wildman–Crippen MR) is 96.6 cm³/mol. The fourth-order valence-corrected chi connectivity index (χ4v) is 2.14. The minimum absolute atomic E-state index is 0. The Hall–Kier alpha value is -0.334. The Labute approximate surface area is 183 Å². The van der Waals surface area contributed by atoms with Crippen LogP contribution in [-0.4, -0.2) is 15.4 Å². The molecule has 0 fully saturated rings. The molecule has 4 heteroatoms. The summed E-state index contributed by atoms with van der Waals surface area (Å²) in [4.78, 5) is 0. The second-order valence-electron chi connectivity index (χ2n) is 4.81. The first-order valence-electron chi connectivity index (χ1n) is 7.14. The van der Waals surface area contributed by atoms with Gasteiger partial charge in [-0.15, -0.1) is 59.3 Å². The molecular weight excluding hydrogens is 475 g/mol. The van der Waals surface area contributed by atoms with Gasteiger partial charge in [-0.25, -0.2) is 0 Å². The van der Waals surface area contributed by atoms with Crippen LogP contribution < -0.4 is 24.8 Å². The van der Waals surface area contributed by atoms with E-state index in [0.717, 1.165) is 0 Å². The minimum Gasteiger partial charge on any atom is -1.00 e. The first-order valence-corrected chi connectivity index (χ1v) is 11.3. The topological polar surface area (TPSA) is 0 Å². The van der Waals surface area contributed by atoms with E-state index in [9.17, 15) is 0 Å². The second-order valence-corrected chi connectivity index (χ2v) is 6.91. The van der Waals surface area contributed by atoms with Gasteiger partial charge in [0.15, 0.2) is 0 Å². The molecule has 0 N–H and O–H groups in total. The van der Waals surface area contributed by atoms with Gasteiger partial charge in [-0.05, 0) is 0 Å². The summed E-state index contributed by atoms with van der Waals surface area (Å²) in [5.41, 5.74) is 0. The molecule has 4 aromatic carbocycles. The molecular formula is C20H20Cl2GeZr. The molecule has 0 bridgehead atoms. The van der Waals surface area contributed by atoms with E-state index in [4.69, 9.17) is 0 Å². The Kier molecular flexibility index (Phi) is 16.1. The normalized spacial score (nSPS) is 8.42. The Morgan fingerprint density at radius 2 is 0.958 bits per heavy atom. The Bertz CT molecular complexity index is 651. The molecule has 24 heavy (non-hydrogen) atoms. The molecule has 0 aliphatic rings. The number of benzene rings is 2. The molecule has 0 spiro atoms. The molecule has 0 saturated heterocycles. The van der Waals surface area contributed by atoms with Crippen LogP contribution in [0.15, 0.2) is 84.9 Å². The molecule has 0 aliphatic heterocycles. The van der Waals surface area contributed by atoms with Crippen molar-refractivity contribution in [2.75, 3.05) is 0 Å². The number of fused-ring (bicyclic) bond motifs is 2. The molecule has 0 nitrogen and oxygen atoms in total. The summed E-state index contributed by atoms with van der Waals surface area (Å²) < 4.78 is 0. The molecule has 0 amide bonds. The van der Waals surface area contributed by atoms with Crippen molar-refractivity contribution >= 4 is 37.0 Å². The standard InChI is InChI=1S/2C9H7.C2H6Ge.2ClH.Zr/c2*1-2-5-9-7-3-6-8(9)4-1;1-3-2;;;/h2*1-7H;1-2H3;2*1H;/q2*-1;;;;+4/p-2. The fourth-order valence-electron chi connectivity index (χ4n) is 2.14. The van der Waals surface area contributed by atoms with Gasteiger partial charge in [-0.3, -0.25) is 0 Å². The largest absolute Gasteiger partial charge is 4.00 e. The van der Waals surface area contributed by atoms with Crippen molar-refractivity contribution in [1.82, 2.24) is 0 Å². The van der Waals surface area contributed by atoms with Crippen molar-refractivity contribution in [2.45, 2.75) is 11.5 Å². The summed E-state index contributed by atoms with van der Waals surface area (Å²) in [6, 6.07) is 29.3. The van der Waals surface area contributed by atoms with E-state index < -0.39 is 0 Å². The molecule has 0 unspecified atom stereocenters. The average Bonchev–Trinajstić information content (AvgIpc) is 3.17. The van der Waals surface area contributed by atoms with Gasteiger partial charge in [0.1, 0.15) is 0 Å². The quantitative estimate of drug-likeness (QED) is 0.237. The molecule has 2 radical (unpaired) electrons. The van der Waals surface area contributed by atoms with Crippen LogP contribution in [0, 0.1) is 0 Å². The summed E-state index contributed by atoms with van der Waals surface area (Å²) in [6.07, 6.45) is 0. The number of halogens is 2. The van der Waals surface area contributed by atoms with Gasteiger partial charge in [-0.1, -0.05) is 12.1 Å². The van der Waals surface area contributed by atoms with E-state index in [1.165, 1.54) is 21.5 Å². The first-order chi connectivity index (χ1) is 10.3. The maximum absolute atomic E-state index is 2.25. The van der Waals surface area contributed by atoms with Crippen LogP contribution in [0.5, 0.6) is 0 Å². The van der Waals surface area contributed by atoms with Crippen LogP contribution in [0.25, 0.3) is 21.5 Å². The maximum Gasteiger partial charge on any atom is 4.00 e. The van der Waals surface area contributed by atoms with E-state index >= 15 is 0 Å². The number of hydrogen-bond acceptors (Lipinski definition) is 0. The van der Waals surface area contributed by atoms with Crippen LogP contribution in [-0.2, 0) is 26.2 Å². The van der Waals surface area contributed by atoms with Crippen LogP contribution >= 0.6 is 0 Å². The summed E-state index contributed by atoms with van der Waals surface area (Å²) in [5.74, 6) is 4.50. The summed E-state index contributed by atoms with van der Waals surface area (Å²) in [5, 5.41) is 5.32. The third-order valence-electron chi connectivity index (χ3n) is 3.10. The van der Waals surface area contributed by atoms with Crippen LogP contribution in [0.3, 0.4) is 0 Å². The van der Waals surface area contributed by atoms with Gasteiger partial charge in [0.25, 0.3) is 0 Å². The van der Waals surface area contributed by atoms with Crippen molar-refractivity contribution in [1.29, 1.82) is 0 Å². The summed E-state index contributed by atoms with van der Waals surface area (Å²) in [7, 11) is 0. The zero-order valence-electron chi connectivity index (χ0n) is 13.8. The average molecular weight is 495 g/mol. The SMILES string of the molecule is [CH3][Ge][CH3].[Cl-].[Cl-].[Zr+4].c1ccc2[cH-]ccc2c1.c1ccc2[cH-]ccc2c1. The fraction of sp³-hybridized carbons (Fsp3) is 0.100. The molecule has 0 atom stereocenters. The molecule has 122 valence electrons. The van der Waals surface area contributed by atoms with Crippen LogP contribution in [0.2, 0.25) is 11.5 Å². The van der Waals surface area contributed by atoms with Crippen molar-refractivity contribution in [2.24, 2.45) is 0 Å². The van der Waals surface area contributed by atoms with Crippen LogP contribution in [0.1, 0.15) is 0 Å². The molecule has 0 saturated carbocycles. The third kappa shape index (κ3) is 8.16. The van der Waals surface area contributed by atoms with Gasteiger partial charge in [-0.2, -0.15) is 35.0 Å². The molecule has 0 aliphatic carbocycles. The van der Waals surface area contributed by atoms with E-state index in [-0.39, 0.29) is 51.0 Å². The van der Waals surface area contributed by atoms with E-state index in [1.54, 1.807) is 0 Å². The zero-order valence-corrected chi connectivity index (χ0v) is 19.9. The van der Waals surface area contributed by atoms with E-state index in [0.29, 0.717) is 15.4 Å². The predicted octanol–water partition coefficient (Wildman–Crippen LogP) is -0.0903. The number of rotatable bonds is 0. The van der Waals surface area contributed by atoms with Crippen molar-refractivity contribution in [3.8, 4) is 0 Å². The zero-order chi connectivity index (χ0) is 14.9. The van der Waals surface area contributed by atoms with Crippen molar-refractivity contribution in [3.05, 3.63) is 84.9 Å². The van der Waals surface area contributed by atoms with Crippen LogP contribution in [0.4, 0.5) is 0 Å². The van der Waals surface area contributed by atoms with Crippen molar-refractivity contribution in [3.63, 3.8) is 0 Å². The Morgan fingerprint density at radius 3 is 1.29 bits per heavy atom. The van der Waals surface area contributed by atoms with Gasteiger partial charge < -0.3 is 24.8 Å². The summed E-state index contributed by atoms with van der Waals surface area (Å²) in [6.45, 7) is 0.